The number of halogens is 4. The Morgan fingerprint density at radius 3 is 1.58 bits per heavy atom. The first-order valence-corrected chi connectivity index (χ1v) is 13.6. The van der Waals surface area contributed by atoms with Gasteiger partial charge in [-0.2, -0.15) is 0 Å². The third-order valence-electron chi connectivity index (χ3n) is 5.79. The average Bonchev–Trinajstić information content (AvgIpc) is 2.68. The van der Waals surface area contributed by atoms with Crippen molar-refractivity contribution in [2.24, 2.45) is 0 Å². The van der Waals surface area contributed by atoms with E-state index in [1.165, 1.54) is 18.2 Å². The highest BCUT2D eigenvalue weighted by molar-refractivity contribution is 7.91. The Morgan fingerprint density at radius 2 is 1.18 bits per heavy atom. The van der Waals surface area contributed by atoms with Crippen molar-refractivity contribution >= 4 is 56.2 Å². The Kier molecular flexibility index (Phi) is 7.05. The van der Waals surface area contributed by atoms with Crippen LogP contribution in [0.25, 0.3) is 0 Å². The lowest BCUT2D eigenvalue weighted by Crippen LogP contribution is -2.66. The summed E-state index contributed by atoms with van der Waals surface area (Å²) in [6.45, 7) is 0.260. The number of β-amino-alcohol motifs (C(OH)–C–C–N with tert-alkyl or cyclic N) is 1. The van der Waals surface area contributed by atoms with Crippen molar-refractivity contribution in [1.82, 2.24) is 4.90 Å². The molecule has 0 saturated carbocycles. The molecule has 1 fully saturated rings. The fourth-order valence-electron chi connectivity index (χ4n) is 4.59. The standard InChI is InChI=1S/C24H21Cl4NO3S/c1-33(31,32)23(17-10-20(27)12-21(28)11-17)24(30)13-29(14-24)22(15-2-6-18(25)7-3-15)16-4-8-19(26)9-5-16/h2-12,22-23,30H,13-14H2,1H3. The molecule has 3 aromatic rings. The number of likely N-dealkylation sites (tertiary alicyclic amines) is 1. The molecule has 4 nitrogen and oxygen atoms in total. The summed E-state index contributed by atoms with van der Waals surface area (Å²) < 4.78 is 25.6. The number of hydrogen-bond acceptors (Lipinski definition) is 4. The van der Waals surface area contributed by atoms with E-state index in [9.17, 15) is 13.5 Å². The molecule has 3 aromatic carbocycles. The van der Waals surface area contributed by atoms with Gasteiger partial charge in [0.05, 0.1) is 6.04 Å². The van der Waals surface area contributed by atoms with E-state index in [4.69, 9.17) is 46.4 Å². The summed E-state index contributed by atoms with van der Waals surface area (Å²) >= 11 is 24.4. The molecule has 1 atom stereocenters. The Hall–Kier alpha value is -1.31. The highest BCUT2D eigenvalue weighted by atomic mass is 35.5. The van der Waals surface area contributed by atoms with Crippen molar-refractivity contribution in [1.29, 1.82) is 0 Å². The lowest BCUT2D eigenvalue weighted by molar-refractivity contribution is -0.112. The Labute approximate surface area is 213 Å². The molecule has 1 saturated heterocycles. The summed E-state index contributed by atoms with van der Waals surface area (Å²) in [6, 6.07) is 19.3. The molecule has 0 aromatic heterocycles. The van der Waals surface area contributed by atoms with Crippen LogP contribution in [0.4, 0.5) is 0 Å². The maximum atomic E-state index is 12.8. The molecule has 0 radical (unpaired) electrons. The van der Waals surface area contributed by atoms with Crippen molar-refractivity contribution in [3.8, 4) is 0 Å². The molecule has 9 heteroatoms. The quantitative estimate of drug-likeness (QED) is 0.400. The van der Waals surface area contributed by atoms with Crippen LogP contribution in [-0.2, 0) is 9.84 Å². The first kappa shape index (κ1) is 24.8. The number of hydrogen-bond donors (Lipinski definition) is 1. The van der Waals surface area contributed by atoms with Gasteiger partial charge in [-0.1, -0.05) is 70.7 Å². The zero-order valence-electron chi connectivity index (χ0n) is 17.6. The molecule has 1 aliphatic heterocycles. The number of benzene rings is 3. The monoisotopic (exact) mass is 543 g/mol. The van der Waals surface area contributed by atoms with E-state index in [-0.39, 0.29) is 19.1 Å². The summed E-state index contributed by atoms with van der Waals surface area (Å²) in [4.78, 5) is 2.02. The lowest BCUT2D eigenvalue weighted by atomic mass is 9.83. The molecular formula is C24H21Cl4NO3S. The van der Waals surface area contributed by atoms with Gasteiger partial charge in [0.25, 0.3) is 0 Å². The van der Waals surface area contributed by atoms with Crippen LogP contribution in [0, 0.1) is 0 Å². The van der Waals surface area contributed by atoms with Gasteiger partial charge < -0.3 is 5.11 Å². The number of rotatable bonds is 6. The first-order valence-electron chi connectivity index (χ1n) is 10.1. The molecule has 0 bridgehead atoms. The first-order chi connectivity index (χ1) is 15.5. The topological polar surface area (TPSA) is 57.6 Å². The second kappa shape index (κ2) is 9.38. The summed E-state index contributed by atoms with van der Waals surface area (Å²) in [7, 11) is -3.69. The summed E-state index contributed by atoms with van der Waals surface area (Å²) in [5.74, 6) is 0. The Bertz CT molecular complexity index is 1190. The van der Waals surface area contributed by atoms with Crippen LogP contribution >= 0.6 is 46.4 Å². The van der Waals surface area contributed by atoms with Crippen LogP contribution < -0.4 is 0 Å². The van der Waals surface area contributed by atoms with E-state index in [1.54, 1.807) is 24.3 Å². The average molecular weight is 545 g/mol. The maximum Gasteiger partial charge on any atom is 0.157 e. The van der Waals surface area contributed by atoms with Gasteiger partial charge >= 0.3 is 0 Å². The van der Waals surface area contributed by atoms with Gasteiger partial charge in [0.1, 0.15) is 10.9 Å². The van der Waals surface area contributed by atoms with Crippen molar-refractivity contribution in [2.45, 2.75) is 16.9 Å². The molecule has 0 amide bonds. The third-order valence-corrected chi connectivity index (χ3v) is 8.30. The van der Waals surface area contributed by atoms with Crippen LogP contribution in [-0.4, -0.2) is 43.4 Å². The van der Waals surface area contributed by atoms with E-state index < -0.39 is 20.7 Å². The fraction of sp³-hybridized carbons (Fsp3) is 0.250. The van der Waals surface area contributed by atoms with Gasteiger partial charge in [-0.05, 0) is 59.2 Å². The molecule has 1 unspecified atom stereocenters. The Balaban J connectivity index is 1.70. The molecule has 174 valence electrons. The van der Waals surface area contributed by atoms with Crippen molar-refractivity contribution < 1.29 is 13.5 Å². The van der Waals surface area contributed by atoms with Crippen LogP contribution in [0.2, 0.25) is 20.1 Å². The van der Waals surface area contributed by atoms with Gasteiger partial charge in [-0.25, -0.2) is 8.42 Å². The van der Waals surface area contributed by atoms with Crippen LogP contribution in [0.1, 0.15) is 28.0 Å². The minimum Gasteiger partial charge on any atom is -0.385 e. The summed E-state index contributed by atoms with van der Waals surface area (Å²) in [6.07, 6.45) is 1.11. The van der Waals surface area contributed by atoms with Crippen molar-refractivity contribution in [2.75, 3.05) is 19.3 Å². The minimum absolute atomic E-state index is 0.130. The summed E-state index contributed by atoms with van der Waals surface area (Å²) in [5, 5.41) is 12.2. The largest absolute Gasteiger partial charge is 0.385 e. The van der Waals surface area contributed by atoms with E-state index in [1.807, 2.05) is 29.2 Å². The normalized spacial score (nSPS) is 17.1. The fourth-order valence-corrected chi connectivity index (χ4v) is 6.96. The smallest absolute Gasteiger partial charge is 0.157 e. The van der Waals surface area contributed by atoms with Gasteiger partial charge in [-0.15, -0.1) is 0 Å². The maximum absolute atomic E-state index is 12.8. The van der Waals surface area contributed by atoms with Crippen LogP contribution in [0.3, 0.4) is 0 Å². The minimum atomic E-state index is -3.69. The molecule has 1 aliphatic rings. The van der Waals surface area contributed by atoms with E-state index in [0.29, 0.717) is 25.7 Å². The molecule has 33 heavy (non-hydrogen) atoms. The van der Waals surface area contributed by atoms with Gasteiger partial charge in [0, 0.05) is 39.4 Å². The molecule has 1 N–H and O–H groups in total. The highest BCUT2D eigenvalue weighted by Gasteiger charge is 2.54. The van der Waals surface area contributed by atoms with E-state index >= 15 is 0 Å². The van der Waals surface area contributed by atoms with Crippen LogP contribution in [0.15, 0.2) is 66.7 Å². The highest BCUT2D eigenvalue weighted by Crippen LogP contribution is 2.45. The molecule has 0 spiro atoms. The van der Waals surface area contributed by atoms with Crippen LogP contribution in [0.5, 0.6) is 0 Å². The van der Waals surface area contributed by atoms with Crippen molar-refractivity contribution in [3.05, 3.63) is 104 Å². The number of aliphatic hydroxyl groups is 1. The number of nitrogens with zero attached hydrogens (tertiary/aromatic N) is 1. The molecule has 0 aliphatic carbocycles. The van der Waals surface area contributed by atoms with Crippen molar-refractivity contribution in [3.63, 3.8) is 0 Å². The Morgan fingerprint density at radius 1 is 0.758 bits per heavy atom. The van der Waals surface area contributed by atoms with Gasteiger partial charge in [0.15, 0.2) is 9.84 Å². The second-order valence-corrected chi connectivity index (χ2v) is 12.3. The predicted molar refractivity (Wildman–Crippen MR) is 135 cm³/mol. The van der Waals surface area contributed by atoms with Gasteiger partial charge in [-0.3, -0.25) is 4.90 Å². The number of sulfone groups is 1. The zero-order chi connectivity index (χ0) is 24.0. The third kappa shape index (κ3) is 5.35. The molecule has 4 rings (SSSR count). The van der Waals surface area contributed by atoms with E-state index in [0.717, 1.165) is 17.4 Å². The zero-order valence-corrected chi connectivity index (χ0v) is 21.4. The molecule has 1 heterocycles. The summed E-state index contributed by atoms with van der Waals surface area (Å²) in [5.41, 5.74) is 0.779. The lowest BCUT2D eigenvalue weighted by Gasteiger charge is -2.53. The van der Waals surface area contributed by atoms with Gasteiger partial charge in [0.2, 0.25) is 0 Å². The molecular weight excluding hydrogens is 524 g/mol. The van der Waals surface area contributed by atoms with E-state index in [2.05, 4.69) is 0 Å². The second-order valence-electron chi connectivity index (χ2n) is 8.43. The predicted octanol–water partition coefficient (Wildman–Crippen LogP) is 6.22. The SMILES string of the molecule is CS(=O)(=O)C(c1cc(Cl)cc(Cl)c1)C1(O)CN(C(c2ccc(Cl)cc2)c2ccc(Cl)cc2)C1.